The predicted molar refractivity (Wildman–Crippen MR) is 69.0 cm³/mol. The Morgan fingerprint density at radius 3 is 2.72 bits per heavy atom. The van der Waals surface area contributed by atoms with Crippen molar-refractivity contribution in [2.75, 3.05) is 19.8 Å². The second kappa shape index (κ2) is 6.12. The van der Waals surface area contributed by atoms with Gasteiger partial charge in [-0.1, -0.05) is 0 Å². The molecule has 0 aliphatic carbocycles. The molecule has 0 saturated carbocycles. The third-order valence-electron chi connectivity index (χ3n) is 2.96. The van der Waals surface area contributed by atoms with Crippen molar-refractivity contribution < 1.29 is 18.3 Å². The van der Waals surface area contributed by atoms with Crippen LogP contribution < -0.4 is 4.72 Å². The molecule has 2 N–H and O–H groups in total. The molecule has 1 aliphatic rings. The zero-order chi connectivity index (χ0) is 13.0. The molecule has 0 amide bonds. The van der Waals surface area contributed by atoms with Gasteiger partial charge in [-0.3, -0.25) is 0 Å². The summed E-state index contributed by atoms with van der Waals surface area (Å²) >= 11 is 1.10. The summed E-state index contributed by atoms with van der Waals surface area (Å²) in [5.74, 6) is 0.353. The fourth-order valence-electron chi connectivity index (χ4n) is 1.84. The molecule has 7 heteroatoms. The largest absolute Gasteiger partial charge is 0.391 e. The molecule has 0 spiro atoms. The minimum atomic E-state index is -3.43. The van der Waals surface area contributed by atoms with Crippen molar-refractivity contribution in [1.82, 2.24) is 4.72 Å². The highest BCUT2D eigenvalue weighted by Gasteiger charge is 2.20. The summed E-state index contributed by atoms with van der Waals surface area (Å²) in [6, 6.07) is 3.16. The van der Waals surface area contributed by atoms with Crippen LogP contribution in [-0.4, -0.2) is 33.3 Å². The molecule has 18 heavy (non-hydrogen) atoms. The van der Waals surface area contributed by atoms with Gasteiger partial charge in [-0.2, -0.15) is 0 Å². The lowest BCUT2D eigenvalue weighted by Gasteiger charge is -2.21. The molecule has 1 aliphatic heterocycles. The lowest BCUT2D eigenvalue weighted by Crippen LogP contribution is -2.31. The number of thiophene rings is 1. The summed E-state index contributed by atoms with van der Waals surface area (Å²) in [5.41, 5.74) is 0. The second-order valence-electron chi connectivity index (χ2n) is 4.29. The van der Waals surface area contributed by atoms with E-state index < -0.39 is 10.0 Å². The predicted octanol–water partition coefficient (Wildman–Crippen LogP) is 0.945. The first kappa shape index (κ1) is 14.0. The summed E-state index contributed by atoms with van der Waals surface area (Å²) in [6.07, 6.45) is 1.80. The topological polar surface area (TPSA) is 75.6 Å². The van der Waals surface area contributed by atoms with E-state index in [1.807, 2.05) is 0 Å². The van der Waals surface area contributed by atoms with Crippen LogP contribution in [0.5, 0.6) is 0 Å². The van der Waals surface area contributed by atoms with Crippen molar-refractivity contribution in [2.45, 2.75) is 23.7 Å². The van der Waals surface area contributed by atoms with E-state index in [0.717, 1.165) is 24.2 Å². The lowest BCUT2D eigenvalue weighted by molar-refractivity contribution is 0.0678. The number of hydrogen-bond acceptors (Lipinski definition) is 5. The minimum Gasteiger partial charge on any atom is -0.391 e. The van der Waals surface area contributed by atoms with Crippen molar-refractivity contribution in [3.8, 4) is 0 Å². The van der Waals surface area contributed by atoms with Gasteiger partial charge in [0.05, 0.1) is 6.61 Å². The third kappa shape index (κ3) is 3.52. The van der Waals surface area contributed by atoms with E-state index in [1.54, 1.807) is 6.07 Å². The highest BCUT2D eigenvalue weighted by atomic mass is 32.2. The van der Waals surface area contributed by atoms with E-state index in [9.17, 15) is 8.42 Å². The van der Waals surface area contributed by atoms with Crippen LogP contribution in [-0.2, 0) is 21.4 Å². The number of aliphatic hydroxyl groups is 1. The van der Waals surface area contributed by atoms with Gasteiger partial charge in [0.1, 0.15) is 4.21 Å². The third-order valence-corrected chi connectivity index (χ3v) is 5.95. The van der Waals surface area contributed by atoms with Crippen molar-refractivity contribution in [3.63, 3.8) is 0 Å². The van der Waals surface area contributed by atoms with Crippen LogP contribution in [0, 0.1) is 5.92 Å². The van der Waals surface area contributed by atoms with E-state index in [1.165, 1.54) is 6.07 Å². The van der Waals surface area contributed by atoms with E-state index in [4.69, 9.17) is 9.84 Å². The maximum absolute atomic E-state index is 12.0. The van der Waals surface area contributed by atoms with Gasteiger partial charge in [-0.25, -0.2) is 13.1 Å². The van der Waals surface area contributed by atoms with E-state index >= 15 is 0 Å². The van der Waals surface area contributed by atoms with Crippen LogP contribution in [0.2, 0.25) is 0 Å². The molecular weight excluding hydrogens is 274 g/mol. The normalized spacial score (nSPS) is 18.1. The van der Waals surface area contributed by atoms with Gasteiger partial charge in [-0.15, -0.1) is 11.3 Å². The fourth-order valence-corrected chi connectivity index (χ4v) is 4.21. The summed E-state index contributed by atoms with van der Waals surface area (Å²) in [7, 11) is -3.43. The van der Waals surface area contributed by atoms with Gasteiger partial charge in [0.15, 0.2) is 0 Å². The molecule has 2 rings (SSSR count). The van der Waals surface area contributed by atoms with Gasteiger partial charge in [0.2, 0.25) is 10.0 Å². The monoisotopic (exact) mass is 291 g/mol. The van der Waals surface area contributed by atoms with Gasteiger partial charge in [-0.05, 0) is 30.9 Å². The smallest absolute Gasteiger partial charge is 0.250 e. The zero-order valence-corrected chi connectivity index (χ0v) is 11.6. The van der Waals surface area contributed by atoms with Crippen LogP contribution in [0.3, 0.4) is 0 Å². The molecule has 5 nitrogen and oxygen atoms in total. The Labute approximate surface area is 111 Å². The number of rotatable bonds is 5. The van der Waals surface area contributed by atoms with Crippen LogP contribution in [0.1, 0.15) is 17.7 Å². The zero-order valence-electron chi connectivity index (χ0n) is 9.96. The Morgan fingerprint density at radius 1 is 1.39 bits per heavy atom. The molecule has 102 valence electrons. The van der Waals surface area contributed by atoms with Crippen molar-refractivity contribution in [3.05, 3.63) is 17.0 Å². The Morgan fingerprint density at radius 2 is 2.11 bits per heavy atom. The minimum absolute atomic E-state index is 0.125. The first-order chi connectivity index (χ1) is 8.62. The van der Waals surface area contributed by atoms with Gasteiger partial charge in [0.25, 0.3) is 0 Å². The van der Waals surface area contributed by atoms with Crippen LogP contribution in [0.4, 0.5) is 0 Å². The number of nitrogens with one attached hydrogen (secondary N) is 1. The maximum atomic E-state index is 12.0. The lowest BCUT2D eigenvalue weighted by atomic mass is 10.0. The Kier molecular flexibility index (Phi) is 4.74. The Hall–Kier alpha value is -0.470. The molecule has 1 aromatic rings. The number of aliphatic hydroxyl groups excluding tert-OH is 1. The van der Waals surface area contributed by atoms with Gasteiger partial charge >= 0.3 is 0 Å². The highest BCUT2D eigenvalue weighted by Crippen LogP contribution is 2.22. The molecular formula is C11H17NO4S2. The maximum Gasteiger partial charge on any atom is 0.250 e. The van der Waals surface area contributed by atoms with E-state index in [0.29, 0.717) is 30.6 Å². The summed E-state index contributed by atoms with van der Waals surface area (Å²) in [4.78, 5) is 0.654. The van der Waals surface area contributed by atoms with E-state index in [2.05, 4.69) is 4.72 Å². The van der Waals surface area contributed by atoms with Crippen molar-refractivity contribution in [2.24, 2.45) is 5.92 Å². The molecule has 2 heterocycles. The van der Waals surface area contributed by atoms with Crippen molar-refractivity contribution >= 4 is 21.4 Å². The van der Waals surface area contributed by atoms with Crippen LogP contribution in [0.15, 0.2) is 16.3 Å². The molecule has 0 aromatic carbocycles. The summed E-state index contributed by atoms with van der Waals surface area (Å²) in [6.45, 7) is 1.75. The molecule has 0 radical (unpaired) electrons. The molecule has 1 aromatic heterocycles. The Balaban J connectivity index is 1.94. The molecule has 0 bridgehead atoms. The summed E-state index contributed by atoms with van der Waals surface area (Å²) < 4.78 is 32.1. The molecule has 0 unspecified atom stereocenters. The fraction of sp³-hybridized carbons (Fsp3) is 0.636. The first-order valence-corrected chi connectivity index (χ1v) is 8.19. The average molecular weight is 291 g/mol. The van der Waals surface area contributed by atoms with E-state index in [-0.39, 0.29) is 10.8 Å². The number of ether oxygens (including phenoxy) is 1. The Bertz CT molecular complexity index is 477. The van der Waals surface area contributed by atoms with Crippen molar-refractivity contribution in [1.29, 1.82) is 0 Å². The average Bonchev–Trinajstić information content (AvgIpc) is 2.87. The first-order valence-electron chi connectivity index (χ1n) is 5.89. The van der Waals surface area contributed by atoms with Crippen LogP contribution in [0.25, 0.3) is 0 Å². The molecule has 1 saturated heterocycles. The standard InChI is InChI=1S/C11H17NO4S2/c13-8-10-1-2-11(17-10)18(14,15)12-7-9-3-5-16-6-4-9/h1-2,9,12-13H,3-8H2. The highest BCUT2D eigenvalue weighted by molar-refractivity contribution is 7.91. The van der Waals surface area contributed by atoms with Gasteiger partial charge < -0.3 is 9.84 Å². The molecule has 1 fully saturated rings. The SMILES string of the molecule is O=S(=O)(NCC1CCOCC1)c1ccc(CO)s1. The number of hydrogen-bond donors (Lipinski definition) is 2. The quantitative estimate of drug-likeness (QED) is 0.847. The van der Waals surface area contributed by atoms with Crippen LogP contribution >= 0.6 is 11.3 Å². The number of sulfonamides is 1. The summed E-state index contributed by atoms with van der Waals surface area (Å²) in [5, 5.41) is 8.93. The molecule has 0 atom stereocenters. The van der Waals surface area contributed by atoms with Gasteiger partial charge in [0, 0.05) is 24.6 Å². The second-order valence-corrected chi connectivity index (χ2v) is 7.45.